The van der Waals surface area contributed by atoms with Gasteiger partial charge in [-0.1, -0.05) is 0 Å². The van der Waals surface area contributed by atoms with Gasteiger partial charge in [0.1, 0.15) is 11.4 Å². The molecule has 0 aliphatic carbocycles. The van der Waals surface area contributed by atoms with Crippen LogP contribution < -0.4 is 5.43 Å². The Morgan fingerprint density at radius 1 is 1.22 bits per heavy atom. The van der Waals surface area contributed by atoms with E-state index in [-0.39, 0.29) is 11.1 Å². The Morgan fingerprint density at radius 3 is 2.34 bits per heavy atom. The second-order valence-electron chi connectivity index (χ2n) is 7.50. The number of benzene rings is 1. The number of aromatic nitrogens is 2. The molecule has 0 aliphatic rings. The highest BCUT2D eigenvalue weighted by Crippen LogP contribution is 2.33. The fourth-order valence-corrected chi connectivity index (χ4v) is 3.93. The van der Waals surface area contributed by atoms with E-state index >= 15 is 8.78 Å². The summed E-state index contributed by atoms with van der Waals surface area (Å²) in [5, 5.41) is 8.90. The lowest BCUT2D eigenvalue weighted by molar-refractivity contribution is 0.0694. The highest BCUT2D eigenvalue weighted by molar-refractivity contribution is 7.85. The lowest BCUT2D eigenvalue weighted by Gasteiger charge is -2.21. The molecule has 11 heteroatoms. The average molecular weight is 466 g/mol. The summed E-state index contributed by atoms with van der Waals surface area (Å²) in [5.74, 6) is -3.73. The van der Waals surface area contributed by atoms with Crippen LogP contribution in [0.3, 0.4) is 0 Å². The van der Waals surface area contributed by atoms with Crippen LogP contribution in [-0.2, 0) is 14.3 Å². The highest BCUT2D eigenvalue weighted by Gasteiger charge is 2.25. The largest absolute Gasteiger partial charge is 0.477 e. The number of pyridine rings is 2. The molecule has 0 saturated heterocycles. The molecule has 1 unspecified atom stereocenters. The van der Waals surface area contributed by atoms with Gasteiger partial charge in [0.2, 0.25) is 5.43 Å². The van der Waals surface area contributed by atoms with Crippen LogP contribution >= 0.6 is 0 Å². The first-order valence-corrected chi connectivity index (χ1v) is 11.2. The molecule has 3 rings (SSSR count). The monoisotopic (exact) mass is 466 g/mol. The van der Waals surface area contributed by atoms with Crippen molar-refractivity contribution in [2.75, 3.05) is 12.9 Å². The zero-order valence-corrected chi connectivity index (χ0v) is 18.5. The Morgan fingerprint density at radius 2 is 1.81 bits per heavy atom. The van der Waals surface area contributed by atoms with E-state index in [1.54, 1.807) is 13.8 Å². The minimum absolute atomic E-state index is 0.188. The van der Waals surface area contributed by atoms with Crippen LogP contribution in [0.4, 0.5) is 8.78 Å². The zero-order valence-electron chi connectivity index (χ0n) is 17.6. The van der Waals surface area contributed by atoms with Crippen LogP contribution in [0.15, 0.2) is 29.2 Å². The molecule has 170 valence electrons. The van der Waals surface area contributed by atoms with Crippen molar-refractivity contribution in [1.82, 2.24) is 9.55 Å². The third-order valence-corrected chi connectivity index (χ3v) is 5.37. The lowest BCUT2D eigenvalue weighted by atomic mass is 9.99. The highest BCUT2D eigenvalue weighted by atomic mass is 32.2. The molecule has 1 aromatic carbocycles. The van der Waals surface area contributed by atoms with Gasteiger partial charge in [-0.3, -0.25) is 14.0 Å². The van der Waals surface area contributed by atoms with E-state index in [1.807, 2.05) is 0 Å². The number of nitrogens with zero attached hydrogens (tertiary/aromatic N) is 2. The Labute approximate surface area is 182 Å². The molecule has 32 heavy (non-hydrogen) atoms. The van der Waals surface area contributed by atoms with Crippen molar-refractivity contribution in [3.63, 3.8) is 0 Å². The molecule has 0 radical (unpaired) electrons. The number of aryl methyl sites for hydroxylation is 2. The van der Waals surface area contributed by atoms with Crippen molar-refractivity contribution in [2.24, 2.45) is 0 Å². The van der Waals surface area contributed by atoms with Crippen LogP contribution in [0.2, 0.25) is 0 Å². The number of rotatable bonds is 6. The van der Waals surface area contributed by atoms with Gasteiger partial charge >= 0.3 is 5.97 Å². The Kier molecular flexibility index (Phi) is 6.16. The molecule has 0 saturated carbocycles. The number of aromatic carboxylic acids is 1. The van der Waals surface area contributed by atoms with E-state index in [9.17, 15) is 23.1 Å². The van der Waals surface area contributed by atoms with Gasteiger partial charge in [-0.25, -0.2) is 13.6 Å². The fraction of sp³-hybridized carbons (Fsp3) is 0.286. The van der Waals surface area contributed by atoms with Crippen LogP contribution in [0, 0.1) is 25.5 Å². The normalized spacial score (nSPS) is 12.8. The van der Waals surface area contributed by atoms with Crippen molar-refractivity contribution >= 4 is 27.0 Å². The Balaban J connectivity index is 2.39. The first kappa shape index (κ1) is 23.5. The minimum Gasteiger partial charge on any atom is -0.477 e. The summed E-state index contributed by atoms with van der Waals surface area (Å²) in [6, 6.07) is 2.82. The predicted octanol–water partition coefficient (Wildman–Crippen LogP) is 3.19. The number of carbonyl (C=O) groups is 1. The van der Waals surface area contributed by atoms with Crippen molar-refractivity contribution in [2.45, 2.75) is 26.8 Å². The third kappa shape index (κ3) is 4.53. The molecular weight excluding hydrogens is 446 g/mol. The van der Waals surface area contributed by atoms with Crippen LogP contribution in [0.25, 0.3) is 22.0 Å². The first-order chi connectivity index (χ1) is 14.8. The standard InChI is InChI=1S/C21H20F2N2O6S/c1-10-5-13(6-11(2)24-10)17-16(22)7-14-19(18(17)23)25(8-15(20(14)26)21(27)28)12(3)9-31-32(4,29)30/h5-8,12H,9H2,1-4H3,(H,27,28). The fourth-order valence-electron chi connectivity index (χ4n) is 3.49. The van der Waals surface area contributed by atoms with Crippen molar-refractivity contribution in [1.29, 1.82) is 0 Å². The molecule has 0 spiro atoms. The summed E-state index contributed by atoms with van der Waals surface area (Å²) >= 11 is 0. The number of hydrogen-bond acceptors (Lipinski definition) is 6. The molecule has 2 aromatic heterocycles. The van der Waals surface area contributed by atoms with Crippen molar-refractivity contribution < 1.29 is 31.3 Å². The first-order valence-electron chi connectivity index (χ1n) is 9.40. The second-order valence-corrected chi connectivity index (χ2v) is 9.15. The molecule has 2 heterocycles. The number of hydrogen-bond donors (Lipinski definition) is 1. The van der Waals surface area contributed by atoms with E-state index in [0.29, 0.717) is 11.4 Å². The van der Waals surface area contributed by atoms with Gasteiger partial charge < -0.3 is 9.67 Å². The number of carboxylic acid groups (broad SMARTS) is 1. The van der Waals surface area contributed by atoms with Crippen LogP contribution in [0.5, 0.6) is 0 Å². The molecule has 0 fully saturated rings. The maximum atomic E-state index is 15.8. The van der Waals surface area contributed by atoms with Gasteiger partial charge in [0, 0.05) is 17.6 Å². The molecule has 8 nitrogen and oxygen atoms in total. The summed E-state index contributed by atoms with van der Waals surface area (Å²) in [4.78, 5) is 28.4. The summed E-state index contributed by atoms with van der Waals surface area (Å²) in [5.41, 5.74) is -1.34. The molecule has 3 aromatic rings. The van der Waals surface area contributed by atoms with E-state index in [0.717, 1.165) is 23.1 Å². The predicted molar refractivity (Wildman–Crippen MR) is 113 cm³/mol. The minimum atomic E-state index is -3.84. The van der Waals surface area contributed by atoms with Crippen LogP contribution in [0.1, 0.15) is 34.7 Å². The van der Waals surface area contributed by atoms with Crippen LogP contribution in [-0.4, -0.2) is 41.9 Å². The van der Waals surface area contributed by atoms with E-state index in [2.05, 4.69) is 4.98 Å². The molecule has 0 bridgehead atoms. The summed E-state index contributed by atoms with van der Waals surface area (Å²) in [6.45, 7) is 4.31. The number of fused-ring (bicyclic) bond motifs is 1. The van der Waals surface area contributed by atoms with Gasteiger partial charge in [-0.15, -0.1) is 0 Å². The number of halogens is 2. The molecule has 1 N–H and O–H groups in total. The maximum Gasteiger partial charge on any atom is 0.341 e. The maximum absolute atomic E-state index is 15.8. The van der Waals surface area contributed by atoms with Gasteiger partial charge in [0.25, 0.3) is 10.1 Å². The second kappa shape index (κ2) is 8.40. The SMILES string of the molecule is Cc1cc(-c2c(F)cc3c(=O)c(C(=O)O)cn(C(C)COS(C)(=O)=O)c3c2F)cc(C)n1. The molecule has 0 amide bonds. The van der Waals surface area contributed by atoms with E-state index < -0.39 is 62.3 Å². The van der Waals surface area contributed by atoms with Gasteiger partial charge in [-0.2, -0.15) is 8.42 Å². The lowest BCUT2D eigenvalue weighted by Crippen LogP contribution is -2.24. The van der Waals surface area contributed by atoms with E-state index in [1.165, 1.54) is 19.1 Å². The zero-order chi connectivity index (χ0) is 24.0. The Hall–Kier alpha value is -3.18. The molecule has 1 atom stereocenters. The smallest absolute Gasteiger partial charge is 0.341 e. The van der Waals surface area contributed by atoms with Crippen molar-refractivity contribution in [3.05, 3.63) is 63.2 Å². The van der Waals surface area contributed by atoms with Gasteiger partial charge in [0.15, 0.2) is 5.82 Å². The van der Waals surface area contributed by atoms with E-state index in [4.69, 9.17) is 4.18 Å². The summed E-state index contributed by atoms with van der Waals surface area (Å²) in [7, 11) is -3.84. The molecular formula is C21H20F2N2O6S. The third-order valence-electron chi connectivity index (χ3n) is 4.81. The average Bonchev–Trinajstić information content (AvgIpc) is 2.65. The topological polar surface area (TPSA) is 116 Å². The molecule has 0 aliphatic heterocycles. The quantitative estimate of drug-likeness (QED) is 0.555. The Bertz CT molecular complexity index is 1400. The number of carboxylic acids is 1. The van der Waals surface area contributed by atoms with Crippen molar-refractivity contribution in [3.8, 4) is 11.1 Å². The van der Waals surface area contributed by atoms with Gasteiger partial charge in [-0.05, 0) is 44.5 Å². The van der Waals surface area contributed by atoms with Gasteiger partial charge in [0.05, 0.1) is 35.4 Å². The summed E-state index contributed by atoms with van der Waals surface area (Å²) < 4.78 is 59.3. The summed E-state index contributed by atoms with van der Waals surface area (Å²) in [6.07, 6.45) is 1.73.